The Morgan fingerprint density at radius 1 is 1.62 bits per heavy atom. The zero-order chi connectivity index (χ0) is 5.56. The third-order valence-electron chi connectivity index (χ3n) is 2.39. The van der Waals surface area contributed by atoms with Crippen molar-refractivity contribution >= 4 is 0 Å². The Kier molecular flexibility index (Phi) is 0.787. The lowest BCUT2D eigenvalue weighted by Crippen LogP contribution is -1.93. The van der Waals surface area contributed by atoms with E-state index < -0.39 is 0 Å². The molecule has 8 heavy (non-hydrogen) atoms. The highest BCUT2D eigenvalue weighted by Gasteiger charge is 2.41. The van der Waals surface area contributed by atoms with Gasteiger partial charge in [-0.05, 0) is 19.3 Å². The summed E-state index contributed by atoms with van der Waals surface area (Å²) >= 11 is 0. The topological polar surface area (TPSA) is 0 Å². The van der Waals surface area contributed by atoms with Crippen LogP contribution in [0.2, 0.25) is 0 Å². The van der Waals surface area contributed by atoms with Crippen LogP contribution in [0.3, 0.4) is 0 Å². The van der Waals surface area contributed by atoms with Crippen molar-refractivity contribution in [3.8, 4) is 0 Å². The molecule has 2 rings (SSSR count). The smallest absolute Gasteiger partial charge is 0.00158 e. The van der Waals surface area contributed by atoms with Gasteiger partial charge < -0.3 is 0 Å². The largest absolute Gasteiger partial charge is 0.0651 e. The van der Waals surface area contributed by atoms with Crippen LogP contribution in [-0.4, -0.2) is 0 Å². The van der Waals surface area contributed by atoms with Crippen LogP contribution in [0, 0.1) is 5.92 Å². The highest BCUT2D eigenvalue weighted by molar-refractivity contribution is 5.46. The van der Waals surface area contributed by atoms with Gasteiger partial charge in [0.1, 0.15) is 0 Å². The van der Waals surface area contributed by atoms with Gasteiger partial charge in [0.2, 0.25) is 0 Å². The van der Waals surface area contributed by atoms with Crippen LogP contribution in [0.15, 0.2) is 11.1 Å². The molecule has 0 unspecified atom stereocenters. The quantitative estimate of drug-likeness (QED) is 0.477. The molecule has 0 heteroatoms. The monoisotopic (exact) mass is 108 g/mol. The maximum Gasteiger partial charge on any atom is 0.00158 e. The summed E-state index contributed by atoms with van der Waals surface area (Å²) in [7, 11) is 0. The zero-order valence-corrected chi connectivity index (χ0v) is 5.41. The molecule has 2 aliphatic rings. The van der Waals surface area contributed by atoms with Gasteiger partial charge in [-0.25, -0.2) is 0 Å². The van der Waals surface area contributed by atoms with Gasteiger partial charge in [-0.3, -0.25) is 0 Å². The molecular weight excluding hydrogens is 96.1 g/mol. The summed E-state index contributed by atoms with van der Waals surface area (Å²) in [5.41, 5.74) is 3.65. The average molecular weight is 108 g/mol. The first-order valence-corrected chi connectivity index (χ1v) is 3.65. The predicted octanol–water partition coefficient (Wildman–Crippen LogP) is 2.51. The summed E-state index contributed by atoms with van der Waals surface area (Å²) in [6.45, 7) is 2.27. The van der Waals surface area contributed by atoms with Gasteiger partial charge >= 0.3 is 0 Å². The summed E-state index contributed by atoms with van der Waals surface area (Å²) < 4.78 is 0. The van der Waals surface area contributed by atoms with E-state index in [-0.39, 0.29) is 0 Å². The van der Waals surface area contributed by atoms with Crippen LogP contribution in [0.1, 0.15) is 32.6 Å². The van der Waals surface area contributed by atoms with Crippen LogP contribution >= 0.6 is 0 Å². The Morgan fingerprint density at radius 2 is 2.38 bits per heavy atom. The molecule has 0 bridgehead atoms. The van der Waals surface area contributed by atoms with Crippen molar-refractivity contribution < 1.29 is 0 Å². The van der Waals surface area contributed by atoms with E-state index in [9.17, 15) is 0 Å². The fourth-order valence-electron chi connectivity index (χ4n) is 1.75. The van der Waals surface area contributed by atoms with Crippen molar-refractivity contribution in [2.24, 2.45) is 5.92 Å². The second-order valence-corrected chi connectivity index (χ2v) is 2.89. The van der Waals surface area contributed by atoms with Gasteiger partial charge in [-0.1, -0.05) is 24.5 Å². The lowest BCUT2D eigenvalue weighted by Gasteiger charge is -2.06. The van der Waals surface area contributed by atoms with Crippen LogP contribution in [-0.2, 0) is 0 Å². The molecule has 2 aliphatic carbocycles. The Bertz CT molecular complexity index is 142. The predicted molar refractivity (Wildman–Crippen MR) is 34.7 cm³/mol. The molecule has 0 spiro atoms. The fourth-order valence-corrected chi connectivity index (χ4v) is 1.75. The van der Waals surface area contributed by atoms with Crippen LogP contribution in [0.4, 0.5) is 0 Å². The van der Waals surface area contributed by atoms with Crippen molar-refractivity contribution in [1.29, 1.82) is 0 Å². The molecule has 1 saturated carbocycles. The van der Waals surface area contributed by atoms with E-state index in [2.05, 4.69) is 6.92 Å². The molecular formula is C8H12. The average Bonchev–Trinajstić information content (AvgIpc) is 2.07. The first kappa shape index (κ1) is 4.60. The molecule has 0 saturated heterocycles. The molecule has 1 atom stereocenters. The minimum Gasteiger partial charge on any atom is -0.0651 e. The van der Waals surface area contributed by atoms with Crippen molar-refractivity contribution in [2.75, 3.05) is 0 Å². The molecule has 1 fully saturated rings. The lowest BCUT2D eigenvalue weighted by atomic mass is 9.98. The van der Waals surface area contributed by atoms with E-state index >= 15 is 0 Å². The maximum atomic E-state index is 2.27. The molecule has 0 nitrogen and oxygen atoms in total. The van der Waals surface area contributed by atoms with Crippen LogP contribution in [0.25, 0.3) is 0 Å². The molecule has 0 aromatic carbocycles. The summed E-state index contributed by atoms with van der Waals surface area (Å²) in [6.07, 6.45) is 5.69. The Hall–Kier alpha value is -0.260. The van der Waals surface area contributed by atoms with Crippen LogP contribution in [0.5, 0.6) is 0 Å². The molecule has 0 aromatic rings. The van der Waals surface area contributed by atoms with Crippen molar-refractivity contribution in [1.82, 2.24) is 0 Å². The summed E-state index contributed by atoms with van der Waals surface area (Å²) in [5.74, 6) is 1.05. The first-order chi connectivity index (χ1) is 3.93. The van der Waals surface area contributed by atoms with E-state index in [4.69, 9.17) is 0 Å². The van der Waals surface area contributed by atoms with Crippen molar-refractivity contribution in [3.63, 3.8) is 0 Å². The standard InChI is InChI=1S/C8H12/c1-2-3-6-7-4-5-8(6)7/h7H,2-5H2,1H3/t7-/m0/s1. The maximum absolute atomic E-state index is 2.27. The summed E-state index contributed by atoms with van der Waals surface area (Å²) in [6, 6.07) is 0. The van der Waals surface area contributed by atoms with Crippen molar-refractivity contribution in [3.05, 3.63) is 11.1 Å². The van der Waals surface area contributed by atoms with Crippen LogP contribution < -0.4 is 0 Å². The van der Waals surface area contributed by atoms with E-state index in [1.54, 1.807) is 0 Å². The molecule has 0 radical (unpaired) electrons. The zero-order valence-electron chi connectivity index (χ0n) is 5.41. The lowest BCUT2D eigenvalue weighted by molar-refractivity contribution is 0.623. The molecule has 0 heterocycles. The number of hydrogen-bond acceptors (Lipinski definition) is 0. The van der Waals surface area contributed by atoms with Gasteiger partial charge in [-0.2, -0.15) is 0 Å². The minimum absolute atomic E-state index is 1.05. The summed E-state index contributed by atoms with van der Waals surface area (Å²) in [4.78, 5) is 0. The van der Waals surface area contributed by atoms with Gasteiger partial charge in [0.25, 0.3) is 0 Å². The molecule has 44 valence electrons. The number of allylic oxidation sites excluding steroid dienone is 2. The van der Waals surface area contributed by atoms with E-state index in [0.29, 0.717) is 0 Å². The highest BCUT2D eigenvalue weighted by atomic mass is 14.5. The highest BCUT2D eigenvalue weighted by Crippen LogP contribution is 2.56. The summed E-state index contributed by atoms with van der Waals surface area (Å²) in [5, 5.41) is 0. The van der Waals surface area contributed by atoms with Gasteiger partial charge in [0.05, 0.1) is 0 Å². The second-order valence-electron chi connectivity index (χ2n) is 2.89. The third kappa shape index (κ3) is 0.410. The van der Waals surface area contributed by atoms with Gasteiger partial charge in [0, 0.05) is 5.92 Å². The van der Waals surface area contributed by atoms with Gasteiger partial charge in [0.15, 0.2) is 0 Å². The molecule has 0 aromatic heterocycles. The molecule has 0 amide bonds. The molecule has 0 N–H and O–H groups in total. The number of rotatable bonds is 2. The van der Waals surface area contributed by atoms with E-state index in [1.165, 1.54) is 25.7 Å². The SMILES string of the molecule is CCCC1=C2CC[C@@H]12. The van der Waals surface area contributed by atoms with Gasteiger partial charge in [-0.15, -0.1) is 0 Å². The fraction of sp³-hybridized carbons (Fsp3) is 0.750. The minimum atomic E-state index is 1.05. The van der Waals surface area contributed by atoms with Crippen molar-refractivity contribution in [2.45, 2.75) is 32.6 Å². The Balaban J connectivity index is 1.92. The Morgan fingerprint density at radius 3 is 2.75 bits per heavy atom. The molecule has 0 aliphatic heterocycles. The number of fused-ring (bicyclic) bond motifs is 1. The van der Waals surface area contributed by atoms with E-state index in [0.717, 1.165) is 5.92 Å². The Labute approximate surface area is 50.6 Å². The number of hydrogen-bond donors (Lipinski definition) is 0. The normalized spacial score (nSPS) is 31.9. The second kappa shape index (κ2) is 1.37. The third-order valence-corrected chi connectivity index (χ3v) is 2.39. The first-order valence-electron chi connectivity index (χ1n) is 3.65. The van der Waals surface area contributed by atoms with E-state index in [1.807, 2.05) is 11.1 Å².